The summed E-state index contributed by atoms with van der Waals surface area (Å²) in [6.07, 6.45) is 1.94. The van der Waals surface area contributed by atoms with Gasteiger partial charge in [0, 0.05) is 57.5 Å². The molecule has 0 atom stereocenters. The predicted octanol–water partition coefficient (Wildman–Crippen LogP) is 0.519. The van der Waals surface area contributed by atoms with E-state index in [1.807, 2.05) is 0 Å². The van der Waals surface area contributed by atoms with E-state index >= 15 is 0 Å². The average Bonchev–Trinajstić information content (AvgIpc) is 3.07. The number of nitrogens with zero attached hydrogens (tertiary/aromatic N) is 4. The van der Waals surface area contributed by atoms with Crippen LogP contribution in [0.4, 0.5) is 0 Å². The third kappa shape index (κ3) is 3.96. The van der Waals surface area contributed by atoms with Crippen LogP contribution >= 0.6 is 0 Å². The number of rotatable bonds is 4. The molecule has 8 heteroatoms. The van der Waals surface area contributed by atoms with Gasteiger partial charge < -0.3 is 18.9 Å². The van der Waals surface area contributed by atoms with Crippen molar-refractivity contribution in [3.63, 3.8) is 0 Å². The highest BCUT2D eigenvalue weighted by Crippen LogP contribution is 2.11. The van der Waals surface area contributed by atoms with Crippen molar-refractivity contribution in [2.45, 2.75) is 19.9 Å². The van der Waals surface area contributed by atoms with Crippen LogP contribution in [0.25, 0.3) is 0 Å². The Kier molecular flexibility index (Phi) is 4.97. The normalized spacial score (nSPS) is 14.6. The number of aromatic nitrogens is 2. The third-order valence-electron chi connectivity index (χ3n) is 4.22. The van der Waals surface area contributed by atoms with E-state index in [0.717, 1.165) is 0 Å². The molecule has 2 aromatic rings. The van der Waals surface area contributed by atoms with E-state index in [2.05, 4.69) is 5.16 Å². The number of pyridine rings is 1. The molecule has 0 radical (unpaired) electrons. The van der Waals surface area contributed by atoms with Crippen molar-refractivity contribution < 1.29 is 14.1 Å². The maximum atomic E-state index is 12.3. The second-order valence-electron chi connectivity index (χ2n) is 5.99. The third-order valence-corrected chi connectivity index (χ3v) is 4.22. The Morgan fingerprint density at radius 3 is 2.52 bits per heavy atom. The minimum absolute atomic E-state index is 0.0154. The van der Waals surface area contributed by atoms with Gasteiger partial charge in [0.05, 0.1) is 5.69 Å². The van der Waals surface area contributed by atoms with Crippen LogP contribution in [0.1, 0.15) is 22.7 Å². The maximum absolute atomic E-state index is 12.3. The van der Waals surface area contributed by atoms with E-state index in [9.17, 15) is 14.4 Å². The summed E-state index contributed by atoms with van der Waals surface area (Å²) < 4.78 is 6.52. The molecular weight excluding hydrogens is 324 g/mol. The van der Waals surface area contributed by atoms with Crippen LogP contribution in [0.5, 0.6) is 0 Å². The first-order valence-electron chi connectivity index (χ1n) is 8.20. The predicted molar refractivity (Wildman–Crippen MR) is 89.0 cm³/mol. The Morgan fingerprint density at radius 2 is 1.88 bits per heavy atom. The van der Waals surface area contributed by atoms with Crippen LogP contribution in [0.3, 0.4) is 0 Å². The molecule has 0 bridgehead atoms. The zero-order valence-electron chi connectivity index (χ0n) is 14.1. The van der Waals surface area contributed by atoms with Gasteiger partial charge >= 0.3 is 0 Å². The standard InChI is InChI=1S/C17H20N4O4/c1-13-12-14(25-18-13)17(24)21-10-8-20(9-11-21)16(23)5-7-19-6-3-2-4-15(19)22/h2-4,6,12H,5,7-11H2,1H3. The van der Waals surface area contributed by atoms with Crippen molar-refractivity contribution >= 4 is 11.8 Å². The lowest BCUT2D eigenvalue weighted by atomic mass is 10.2. The fourth-order valence-electron chi connectivity index (χ4n) is 2.80. The molecular formula is C17H20N4O4. The molecule has 1 fully saturated rings. The zero-order chi connectivity index (χ0) is 17.8. The highest BCUT2D eigenvalue weighted by atomic mass is 16.5. The smallest absolute Gasteiger partial charge is 0.292 e. The largest absolute Gasteiger partial charge is 0.351 e. The van der Waals surface area contributed by atoms with E-state index in [1.165, 1.54) is 10.6 Å². The lowest BCUT2D eigenvalue weighted by Crippen LogP contribution is -2.50. The molecule has 0 N–H and O–H groups in total. The number of aryl methyl sites for hydroxylation is 2. The molecule has 3 rings (SSSR count). The van der Waals surface area contributed by atoms with Crippen LogP contribution < -0.4 is 5.56 Å². The highest BCUT2D eigenvalue weighted by Gasteiger charge is 2.26. The molecule has 0 saturated carbocycles. The number of hydrogen-bond donors (Lipinski definition) is 0. The summed E-state index contributed by atoms with van der Waals surface area (Å²) in [6.45, 7) is 3.97. The van der Waals surface area contributed by atoms with Crippen molar-refractivity contribution in [3.05, 3.63) is 52.3 Å². The maximum Gasteiger partial charge on any atom is 0.292 e. The topological polar surface area (TPSA) is 88.7 Å². The van der Waals surface area contributed by atoms with Gasteiger partial charge in [-0.1, -0.05) is 11.2 Å². The summed E-state index contributed by atoms with van der Waals surface area (Å²) in [4.78, 5) is 39.6. The van der Waals surface area contributed by atoms with Crippen molar-refractivity contribution in [1.82, 2.24) is 19.5 Å². The summed E-state index contributed by atoms with van der Waals surface area (Å²) in [5.74, 6) is 0.00243. The molecule has 132 valence electrons. The fourth-order valence-corrected chi connectivity index (χ4v) is 2.80. The molecule has 0 aromatic carbocycles. The van der Waals surface area contributed by atoms with Crippen molar-refractivity contribution in [3.8, 4) is 0 Å². The first-order chi connectivity index (χ1) is 12.0. The molecule has 0 aliphatic carbocycles. The van der Waals surface area contributed by atoms with Crippen LogP contribution in [0.15, 0.2) is 39.8 Å². The van der Waals surface area contributed by atoms with Gasteiger partial charge in [0.1, 0.15) is 0 Å². The Labute approximate surface area is 144 Å². The molecule has 1 aliphatic heterocycles. The number of hydrogen-bond acceptors (Lipinski definition) is 5. The van der Waals surface area contributed by atoms with Gasteiger partial charge in [-0.05, 0) is 13.0 Å². The molecule has 25 heavy (non-hydrogen) atoms. The van der Waals surface area contributed by atoms with E-state index < -0.39 is 0 Å². The van der Waals surface area contributed by atoms with Gasteiger partial charge in [0.25, 0.3) is 11.5 Å². The number of piperazine rings is 1. The van der Waals surface area contributed by atoms with Crippen LogP contribution in [0, 0.1) is 6.92 Å². The molecule has 2 aromatic heterocycles. The summed E-state index contributed by atoms with van der Waals surface area (Å²) >= 11 is 0. The second kappa shape index (κ2) is 7.33. The lowest BCUT2D eigenvalue weighted by Gasteiger charge is -2.34. The Balaban J connectivity index is 1.50. The SMILES string of the molecule is Cc1cc(C(=O)N2CCN(C(=O)CCn3ccccc3=O)CC2)on1. The summed E-state index contributed by atoms with van der Waals surface area (Å²) in [5, 5.41) is 3.72. The van der Waals surface area contributed by atoms with Crippen LogP contribution in [0.2, 0.25) is 0 Å². The first kappa shape index (κ1) is 16.9. The molecule has 0 unspecified atom stereocenters. The van der Waals surface area contributed by atoms with E-state index in [-0.39, 0.29) is 29.6 Å². The van der Waals surface area contributed by atoms with Crippen molar-refractivity contribution in [2.24, 2.45) is 0 Å². The summed E-state index contributed by atoms with van der Waals surface area (Å²) in [6, 6.07) is 6.52. The Morgan fingerprint density at radius 1 is 1.16 bits per heavy atom. The molecule has 3 heterocycles. The lowest BCUT2D eigenvalue weighted by molar-refractivity contribution is -0.132. The van der Waals surface area contributed by atoms with Gasteiger partial charge in [-0.25, -0.2) is 0 Å². The highest BCUT2D eigenvalue weighted by molar-refractivity contribution is 5.91. The zero-order valence-corrected chi connectivity index (χ0v) is 14.1. The molecule has 1 aliphatic rings. The van der Waals surface area contributed by atoms with Gasteiger partial charge in [-0.2, -0.15) is 0 Å². The van der Waals surface area contributed by atoms with Gasteiger partial charge in [-0.3, -0.25) is 14.4 Å². The first-order valence-corrected chi connectivity index (χ1v) is 8.20. The summed E-state index contributed by atoms with van der Waals surface area (Å²) in [5.41, 5.74) is 0.543. The average molecular weight is 344 g/mol. The number of amides is 2. The Hall–Kier alpha value is -2.90. The van der Waals surface area contributed by atoms with Crippen LogP contribution in [-0.2, 0) is 11.3 Å². The van der Waals surface area contributed by atoms with Crippen molar-refractivity contribution in [1.29, 1.82) is 0 Å². The van der Waals surface area contributed by atoms with E-state index in [1.54, 1.807) is 41.1 Å². The van der Waals surface area contributed by atoms with E-state index in [0.29, 0.717) is 38.4 Å². The minimum Gasteiger partial charge on any atom is -0.351 e. The molecule has 8 nitrogen and oxygen atoms in total. The Bertz CT molecular complexity index is 818. The molecule has 2 amide bonds. The van der Waals surface area contributed by atoms with Crippen LogP contribution in [-0.4, -0.2) is 57.5 Å². The second-order valence-corrected chi connectivity index (χ2v) is 5.99. The minimum atomic E-state index is -0.205. The van der Waals surface area contributed by atoms with Gasteiger partial charge in [-0.15, -0.1) is 0 Å². The number of carbonyl (C=O) groups excluding carboxylic acids is 2. The quantitative estimate of drug-likeness (QED) is 0.807. The van der Waals surface area contributed by atoms with E-state index in [4.69, 9.17) is 4.52 Å². The van der Waals surface area contributed by atoms with Gasteiger partial charge in [0.15, 0.2) is 0 Å². The monoisotopic (exact) mass is 344 g/mol. The molecule has 0 spiro atoms. The number of carbonyl (C=O) groups is 2. The van der Waals surface area contributed by atoms with Crippen molar-refractivity contribution in [2.75, 3.05) is 26.2 Å². The molecule has 1 saturated heterocycles. The fraction of sp³-hybridized carbons (Fsp3) is 0.412. The summed E-state index contributed by atoms with van der Waals surface area (Å²) in [7, 11) is 0. The van der Waals surface area contributed by atoms with Gasteiger partial charge in [0.2, 0.25) is 11.7 Å².